The van der Waals surface area contributed by atoms with Crippen molar-refractivity contribution in [2.24, 2.45) is 0 Å². The molecule has 3 rings (SSSR count). The van der Waals surface area contributed by atoms with Gasteiger partial charge in [-0.3, -0.25) is 4.79 Å². The quantitative estimate of drug-likeness (QED) is 0.851. The van der Waals surface area contributed by atoms with Crippen LogP contribution in [0.3, 0.4) is 0 Å². The third-order valence-electron chi connectivity index (χ3n) is 4.78. The summed E-state index contributed by atoms with van der Waals surface area (Å²) in [5.74, 6) is 0.854. The zero-order valence-electron chi connectivity index (χ0n) is 15.5. The number of hydrogen-bond acceptors (Lipinski definition) is 3. The van der Waals surface area contributed by atoms with E-state index in [1.165, 1.54) is 10.5 Å². The summed E-state index contributed by atoms with van der Waals surface area (Å²) in [7, 11) is 3.48. The van der Waals surface area contributed by atoms with Gasteiger partial charge in [-0.05, 0) is 29.8 Å². The summed E-state index contributed by atoms with van der Waals surface area (Å²) in [5.41, 5.74) is 3.06. The minimum absolute atomic E-state index is 0.0334. The molecule has 0 unspecified atom stereocenters. The van der Waals surface area contributed by atoms with Crippen LogP contribution in [-0.2, 0) is 17.8 Å². The average Bonchev–Trinajstić information content (AvgIpc) is 2.69. The van der Waals surface area contributed by atoms with E-state index in [-0.39, 0.29) is 5.91 Å². The first-order valence-electron chi connectivity index (χ1n) is 9.04. The molecule has 1 amide bonds. The number of rotatable bonds is 6. The molecule has 2 aromatic rings. The number of nitrogens with one attached hydrogen (secondary N) is 1. The molecule has 1 fully saturated rings. The number of quaternary nitrogens is 1. The summed E-state index contributed by atoms with van der Waals surface area (Å²) in [5, 5.41) is 0. The summed E-state index contributed by atoms with van der Waals surface area (Å²) in [6.45, 7) is 5.32. The second-order valence-corrected chi connectivity index (χ2v) is 6.75. The summed E-state index contributed by atoms with van der Waals surface area (Å²) in [4.78, 5) is 15.9. The minimum Gasteiger partial charge on any atom is -0.497 e. The first kappa shape index (κ1) is 18.4. The molecule has 1 heterocycles. The summed E-state index contributed by atoms with van der Waals surface area (Å²) >= 11 is 0. The molecule has 0 aromatic heterocycles. The molecular formula is C21H27N2O3+. The van der Waals surface area contributed by atoms with Gasteiger partial charge in [0.2, 0.25) is 0 Å². The lowest BCUT2D eigenvalue weighted by atomic mass is 10.1. The third-order valence-corrected chi connectivity index (χ3v) is 4.78. The van der Waals surface area contributed by atoms with Gasteiger partial charge in [0.05, 0.1) is 20.3 Å². The van der Waals surface area contributed by atoms with Crippen LogP contribution in [0.5, 0.6) is 5.75 Å². The highest BCUT2D eigenvalue weighted by atomic mass is 16.5. The Hall–Kier alpha value is -2.37. The van der Waals surface area contributed by atoms with Crippen LogP contribution in [0.15, 0.2) is 48.5 Å². The Labute approximate surface area is 155 Å². The molecule has 0 atom stereocenters. The van der Waals surface area contributed by atoms with Gasteiger partial charge in [-0.15, -0.1) is 0 Å². The molecule has 2 aromatic carbocycles. The number of carbonyl (C=O) groups excluding carboxylic acids is 1. The number of ether oxygens (including phenoxy) is 2. The zero-order chi connectivity index (χ0) is 18.4. The van der Waals surface area contributed by atoms with Gasteiger partial charge in [-0.2, -0.15) is 0 Å². The van der Waals surface area contributed by atoms with Crippen molar-refractivity contribution in [1.29, 1.82) is 0 Å². The lowest BCUT2D eigenvalue weighted by Gasteiger charge is -2.23. The summed E-state index contributed by atoms with van der Waals surface area (Å²) in [6, 6.07) is 15.8. The zero-order valence-corrected chi connectivity index (χ0v) is 15.5. The Balaban J connectivity index is 1.57. The third kappa shape index (κ3) is 4.84. The number of hydrogen-bond donors (Lipinski definition) is 1. The first-order valence-corrected chi connectivity index (χ1v) is 9.04. The van der Waals surface area contributed by atoms with Crippen LogP contribution in [-0.4, -0.2) is 51.3 Å². The van der Waals surface area contributed by atoms with Gasteiger partial charge in [-0.1, -0.05) is 24.3 Å². The fourth-order valence-electron chi connectivity index (χ4n) is 3.19. The topological polar surface area (TPSA) is 43.2 Å². The fourth-order valence-corrected chi connectivity index (χ4v) is 3.19. The van der Waals surface area contributed by atoms with E-state index in [0.29, 0.717) is 6.54 Å². The van der Waals surface area contributed by atoms with Crippen LogP contribution in [0.1, 0.15) is 21.5 Å². The fraction of sp³-hybridized carbons (Fsp3) is 0.381. The number of carbonyl (C=O) groups is 1. The maximum atomic E-state index is 12.7. The SMILES string of the molecule is COc1ccc(CN(C)C(=O)c2ccc(C[NH+]3CCOCC3)cc2)cc1. The number of morpholine rings is 1. The molecule has 5 heteroatoms. The van der Waals surface area contributed by atoms with E-state index in [2.05, 4.69) is 12.1 Å². The Morgan fingerprint density at radius 2 is 1.65 bits per heavy atom. The molecule has 0 radical (unpaired) electrons. The van der Waals surface area contributed by atoms with Crippen molar-refractivity contribution in [3.05, 3.63) is 65.2 Å². The van der Waals surface area contributed by atoms with Crippen LogP contribution in [0.25, 0.3) is 0 Å². The van der Waals surface area contributed by atoms with E-state index in [1.807, 2.05) is 43.4 Å². The monoisotopic (exact) mass is 355 g/mol. The van der Waals surface area contributed by atoms with Gasteiger partial charge in [0, 0.05) is 24.7 Å². The largest absolute Gasteiger partial charge is 0.497 e. The Kier molecular flexibility index (Phi) is 6.26. The van der Waals surface area contributed by atoms with Crippen molar-refractivity contribution in [3.8, 4) is 5.75 Å². The van der Waals surface area contributed by atoms with E-state index in [1.54, 1.807) is 12.0 Å². The van der Waals surface area contributed by atoms with Gasteiger partial charge < -0.3 is 19.3 Å². The van der Waals surface area contributed by atoms with Gasteiger partial charge in [0.15, 0.2) is 0 Å². The predicted molar refractivity (Wildman–Crippen MR) is 100 cm³/mol. The molecule has 5 nitrogen and oxygen atoms in total. The van der Waals surface area contributed by atoms with E-state index >= 15 is 0 Å². The molecule has 138 valence electrons. The van der Waals surface area contributed by atoms with Crippen molar-refractivity contribution in [1.82, 2.24) is 4.90 Å². The standard InChI is InChI=1S/C21H26N2O3/c1-22(15-17-5-9-20(25-2)10-6-17)21(24)19-7-3-18(4-8-19)16-23-11-13-26-14-12-23/h3-10H,11-16H2,1-2H3/p+1. The van der Waals surface area contributed by atoms with Crippen LogP contribution >= 0.6 is 0 Å². The molecule has 0 bridgehead atoms. The highest BCUT2D eigenvalue weighted by Gasteiger charge is 2.15. The van der Waals surface area contributed by atoms with Crippen LogP contribution < -0.4 is 9.64 Å². The molecule has 1 N–H and O–H groups in total. The second-order valence-electron chi connectivity index (χ2n) is 6.75. The molecule has 0 aliphatic carbocycles. The van der Waals surface area contributed by atoms with Crippen molar-refractivity contribution in [3.63, 3.8) is 0 Å². The lowest BCUT2D eigenvalue weighted by molar-refractivity contribution is -0.921. The first-order chi connectivity index (χ1) is 12.7. The summed E-state index contributed by atoms with van der Waals surface area (Å²) < 4.78 is 10.6. The van der Waals surface area contributed by atoms with E-state index in [9.17, 15) is 4.79 Å². The molecule has 26 heavy (non-hydrogen) atoms. The lowest BCUT2D eigenvalue weighted by Crippen LogP contribution is -3.12. The molecule has 0 spiro atoms. The number of amides is 1. The maximum Gasteiger partial charge on any atom is 0.253 e. The minimum atomic E-state index is 0.0334. The van der Waals surface area contributed by atoms with Crippen molar-refractivity contribution < 1.29 is 19.2 Å². The number of benzene rings is 2. The maximum absolute atomic E-state index is 12.7. The van der Waals surface area contributed by atoms with E-state index in [0.717, 1.165) is 49.7 Å². The van der Waals surface area contributed by atoms with Crippen molar-refractivity contribution >= 4 is 5.91 Å². The van der Waals surface area contributed by atoms with Gasteiger partial charge >= 0.3 is 0 Å². The van der Waals surface area contributed by atoms with Crippen molar-refractivity contribution in [2.75, 3.05) is 40.5 Å². The van der Waals surface area contributed by atoms with Gasteiger partial charge in [0.1, 0.15) is 25.4 Å². The highest BCUT2D eigenvalue weighted by molar-refractivity contribution is 5.94. The van der Waals surface area contributed by atoms with Crippen LogP contribution in [0.4, 0.5) is 0 Å². The predicted octanol–water partition coefficient (Wildman–Crippen LogP) is 1.38. The normalized spacial score (nSPS) is 14.8. The molecule has 1 aliphatic heterocycles. The smallest absolute Gasteiger partial charge is 0.253 e. The van der Waals surface area contributed by atoms with Gasteiger partial charge in [0.25, 0.3) is 5.91 Å². The van der Waals surface area contributed by atoms with E-state index < -0.39 is 0 Å². The second kappa shape index (κ2) is 8.83. The number of methoxy groups -OCH3 is 1. The molecule has 0 saturated carbocycles. The Morgan fingerprint density at radius 3 is 2.27 bits per heavy atom. The highest BCUT2D eigenvalue weighted by Crippen LogP contribution is 2.14. The van der Waals surface area contributed by atoms with Crippen molar-refractivity contribution in [2.45, 2.75) is 13.1 Å². The molecule has 1 aliphatic rings. The molecular weight excluding hydrogens is 328 g/mol. The molecule has 1 saturated heterocycles. The summed E-state index contributed by atoms with van der Waals surface area (Å²) in [6.07, 6.45) is 0. The number of nitrogens with zero attached hydrogens (tertiary/aromatic N) is 1. The van der Waals surface area contributed by atoms with Gasteiger partial charge in [-0.25, -0.2) is 0 Å². The van der Waals surface area contributed by atoms with Crippen LogP contribution in [0.2, 0.25) is 0 Å². The van der Waals surface area contributed by atoms with E-state index in [4.69, 9.17) is 9.47 Å². The average molecular weight is 355 g/mol. The Bertz CT molecular complexity index is 707. The van der Waals surface area contributed by atoms with Crippen LogP contribution in [0, 0.1) is 0 Å². The Morgan fingerprint density at radius 1 is 1.04 bits per heavy atom.